The molecule has 0 bridgehead atoms. The van der Waals surface area contributed by atoms with Crippen molar-refractivity contribution in [1.82, 2.24) is 10.3 Å². The van der Waals surface area contributed by atoms with Crippen LogP contribution in [0.4, 0.5) is 5.82 Å². The molecule has 4 rings (SSSR count). The molecule has 1 saturated heterocycles. The zero-order valence-electron chi connectivity index (χ0n) is 15.0. The smallest absolute Gasteiger partial charge is 0.133 e. The molecule has 1 aromatic carbocycles. The zero-order chi connectivity index (χ0) is 17.1. The van der Waals surface area contributed by atoms with E-state index in [0.29, 0.717) is 6.54 Å². The molecule has 25 heavy (non-hydrogen) atoms. The first-order valence-electron chi connectivity index (χ1n) is 9.80. The zero-order valence-corrected chi connectivity index (χ0v) is 15.0. The summed E-state index contributed by atoms with van der Waals surface area (Å²) in [6, 6.07) is 10.6. The van der Waals surface area contributed by atoms with Gasteiger partial charge in [0, 0.05) is 37.1 Å². The van der Waals surface area contributed by atoms with Gasteiger partial charge >= 0.3 is 0 Å². The summed E-state index contributed by atoms with van der Waals surface area (Å²) < 4.78 is 0. The minimum absolute atomic E-state index is 0.504. The number of fused-ring (bicyclic) bond motifs is 1. The lowest BCUT2D eigenvalue weighted by molar-refractivity contribution is 0.0475. The number of rotatable bonds is 5. The molecule has 0 radical (unpaired) electrons. The van der Waals surface area contributed by atoms with E-state index >= 15 is 0 Å². The highest BCUT2D eigenvalue weighted by molar-refractivity contribution is 5.81. The standard InChI is InChI=1S/C21H29N3O/c25-21(10-4-5-11-21)16-22-15-18-14-17-8-2-3-9-19(17)23-20(18)24-12-6-1-7-13-24/h2-3,8-9,14,22,25H,1,4-7,10-13,15-16H2. The fourth-order valence-corrected chi connectivity index (χ4v) is 4.30. The molecule has 2 aromatic rings. The van der Waals surface area contributed by atoms with Crippen LogP contribution in [-0.4, -0.2) is 35.3 Å². The van der Waals surface area contributed by atoms with E-state index in [0.717, 1.165) is 56.7 Å². The van der Waals surface area contributed by atoms with E-state index < -0.39 is 5.60 Å². The van der Waals surface area contributed by atoms with Crippen molar-refractivity contribution in [2.24, 2.45) is 0 Å². The third-order valence-corrected chi connectivity index (χ3v) is 5.74. The lowest BCUT2D eigenvalue weighted by Crippen LogP contribution is -2.38. The van der Waals surface area contributed by atoms with Crippen molar-refractivity contribution >= 4 is 16.7 Å². The third-order valence-electron chi connectivity index (χ3n) is 5.74. The van der Waals surface area contributed by atoms with E-state index in [9.17, 15) is 5.11 Å². The van der Waals surface area contributed by atoms with Gasteiger partial charge in [-0.05, 0) is 44.2 Å². The van der Waals surface area contributed by atoms with Gasteiger partial charge in [-0.3, -0.25) is 0 Å². The Balaban J connectivity index is 1.56. The van der Waals surface area contributed by atoms with Gasteiger partial charge in [-0.1, -0.05) is 31.0 Å². The average molecular weight is 339 g/mol. The van der Waals surface area contributed by atoms with E-state index in [4.69, 9.17) is 4.98 Å². The van der Waals surface area contributed by atoms with Crippen LogP contribution in [-0.2, 0) is 6.54 Å². The van der Waals surface area contributed by atoms with E-state index in [1.807, 2.05) is 0 Å². The topological polar surface area (TPSA) is 48.4 Å². The fraction of sp³-hybridized carbons (Fsp3) is 0.571. The molecule has 0 atom stereocenters. The number of aliphatic hydroxyl groups is 1. The number of aromatic nitrogens is 1. The number of anilines is 1. The number of piperidine rings is 1. The van der Waals surface area contributed by atoms with Crippen molar-refractivity contribution in [3.8, 4) is 0 Å². The summed E-state index contributed by atoms with van der Waals surface area (Å²) in [6.07, 6.45) is 7.97. The molecule has 1 aliphatic heterocycles. The van der Waals surface area contributed by atoms with E-state index in [1.54, 1.807) is 0 Å². The van der Waals surface area contributed by atoms with Gasteiger partial charge in [-0.2, -0.15) is 0 Å². The number of para-hydroxylation sites is 1. The summed E-state index contributed by atoms with van der Waals surface area (Å²) in [5.74, 6) is 1.13. The van der Waals surface area contributed by atoms with Crippen molar-refractivity contribution in [3.63, 3.8) is 0 Å². The highest BCUT2D eigenvalue weighted by Crippen LogP contribution is 2.29. The molecule has 134 valence electrons. The molecule has 1 aliphatic carbocycles. The predicted molar refractivity (Wildman–Crippen MR) is 103 cm³/mol. The van der Waals surface area contributed by atoms with Gasteiger partial charge in [-0.25, -0.2) is 4.98 Å². The van der Waals surface area contributed by atoms with Gasteiger partial charge in [0.05, 0.1) is 11.1 Å². The molecular formula is C21H29N3O. The van der Waals surface area contributed by atoms with E-state index in [1.165, 1.54) is 30.2 Å². The normalized spacial score (nSPS) is 20.3. The van der Waals surface area contributed by atoms with E-state index in [2.05, 4.69) is 40.5 Å². The number of nitrogens with zero attached hydrogens (tertiary/aromatic N) is 2. The minimum atomic E-state index is -0.504. The minimum Gasteiger partial charge on any atom is -0.389 e. The Morgan fingerprint density at radius 1 is 1.04 bits per heavy atom. The first-order valence-corrected chi connectivity index (χ1v) is 9.80. The largest absolute Gasteiger partial charge is 0.389 e. The number of hydrogen-bond acceptors (Lipinski definition) is 4. The van der Waals surface area contributed by atoms with Gasteiger partial charge in [0.25, 0.3) is 0 Å². The molecular weight excluding hydrogens is 310 g/mol. The molecule has 4 nitrogen and oxygen atoms in total. The molecule has 2 N–H and O–H groups in total. The Hall–Kier alpha value is -1.65. The first kappa shape index (κ1) is 16.8. The molecule has 2 heterocycles. The lowest BCUT2D eigenvalue weighted by atomic mass is 10.0. The number of hydrogen-bond donors (Lipinski definition) is 2. The van der Waals surface area contributed by atoms with E-state index in [-0.39, 0.29) is 0 Å². The molecule has 0 unspecified atom stereocenters. The summed E-state index contributed by atoms with van der Waals surface area (Å²) in [4.78, 5) is 7.43. The molecule has 4 heteroatoms. The van der Waals surface area contributed by atoms with Crippen LogP contribution < -0.4 is 10.2 Å². The van der Waals surface area contributed by atoms with Crippen LogP contribution in [0.25, 0.3) is 10.9 Å². The molecule has 0 spiro atoms. The second-order valence-electron chi connectivity index (χ2n) is 7.75. The van der Waals surface area contributed by atoms with Gasteiger partial charge in [0.2, 0.25) is 0 Å². The number of nitrogens with one attached hydrogen (secondary N) is 1. The SMILES string of the molecule is OC1(CNCc2cc3ccccc3nc2N2CCCCC2)CCCC1. The van der Waals surface area contributed by atoms with Crippen LogP contribution in [0.2, 0.25) is 0 Å². The van der Waals surface area contributed by atoms with Crippen molar-refractivity contribution in [2.75, 3.05) is 24.5 Å². The van der Waals surface area contributed by atoms with Crippen LogP contribution >= 0.6 is 0 Å². The second kappa shape index (κ2) is 7.30. The Bertz CT molecular complexity index is 718. The second-order valence-corrected chi connectivity index (χ2v) is 7.75. The number of benzene rings is 1. The predicted octanol–water partition coefficient (Wildman–Crippen LogP) is 3.62. The Morgan fingerprint density at radius 2 is 1.80 bits per heavy atom. The molecule has 0 amide bonds. The first-order chi connectivity index (χ1) is 12.2. The maximum Gasteiger partial charge on any atom is 0.133 e. The molecule has 1 saturated carbocycles. The van der Waals surface area contributed by atoms with Gasteiger partial charge in [-0.15, -0.1) is 0 Å². The number of pyridine rings is 1. The van der Waals surface area contributed by atoms with Crippen molar-refractivity contribution in [3.05, 3.63) is 35.9 Å². The quantitative estimate of drug-likeness (QED) is 0.873. The van der Waals surface area contributed by atoms with Crippen LogP contribution in [0, 0.1) is 0 Å². The lowest BCUT2D eigenvalue weighted by Gasteiger charge is -2.30. The van der Waals surface area contributed by atoms with Crippen molar-refractivity contribution < 1.29 is 5.11 Å². The summed E-state index contributed by atoms with van der Waals surface area (Å²) >= 11 is 0. The Labute approximate surface area is 150 Å². The Kier molecular flexibility index (Phi) is 4.91. The van der Waals surface area contributed by atoms with Gasteiger partial charge in [0.15, 0.2) is 0 Å². The maximum atomic E-state index is 10.6. The van der Waals surface area contributed by atoms with Crippen molar-refractivity contribution in [1.29, 1.82) is 0 Å². The molecule has 1 aromatic heterocycles. The highest BCUT2D eigenvalue weighted by Gasteiger charge is 2.30. The fourth-order valence-electron chi connectivity index (χ4n) is 4.30. The van der Waals surface area contributed by atoms with Crippen LogP contribution in [0.3, 0.4) is 0 Å². The van der Waals surface area contributed by atoms with Crippen molar-refractivity contribution in [2.45, 2.75) is 57.1 Å². The Morgan fingerprint density at radius 3 is 2.60 bits per heavy atom. The van der Waals surface area contributed by atoms with Crippen LogP contribution in [0.5, 0.6) is 0 Å². The van der Waals surface area contributed by atoms with Crippen LogP contribution in [0.15, 0.2) is 30.3 Å². The maximum absolute atomic E-state index is 10.6. The summed E-state index contributed by atoms with van der Waals surface area (Å²) in [6.45, 7) is 3.65. The highest BCUT2D eigenvalue weighted by atomic mass is 16.3. The monoisotopic (exact) mass is 339 g/mol. The van der Waals surface area contributed by atoms with Crippen LogP contribution in [0.1, 0.15) is 50.5 Å². The average Bonchev–Trinajstić information content (AvgIpc) is 3.08. The van der Waals surface area contributed by atoms with Gasteiger partial charge < -0.3 is 15.3 Å². The third kappa shape index (κ3) is 3.80. The summed E-state index contributed by atoms with van der Waals surface area (Å²) in [7, 11) is 0. The summed E-state index contributed by atoms with van der Waals surface area (Å²) in [5, 5.41) is 15.3. The van der Waals surface area contributed by atoms with Gasteiger partial charge in [0.1, 0.15) is 5.82 Å². The molecule has 2 aliphatic rings. The summed E-state index contributed by atoms with van der Waals surface area (Å²) in [5.41, 5.74) is 1.82. The molecule has 2 fully saturated rings.